The molecule has 6 nitrogen and oxygen atoms in total. The number of nitrogens with zero attached hydrogens (tertiary/aromatic N) is 3. The number of fused-ring (bicyclic) bond motifs is 2. The molecule has 1 N–H and O–H groups in total. The van der Waals surface area contributed by atoms with E-state index in [1.807, 2.05) is 0 Å². The number of hydrogen-bond donors (Lipinski definition) is 1. The van der Waals surface area contributed by atoms with Crippen molar-refractivity contribution < 1.29 is 9.53 Å². The predicted octanol–water partition coefficient (Wildman–Crippen LogP) is 2.81. The Balaban J connectivity index is 1.25. The van der Waals surface area contributed by atoms with Crippen molar-refractivity contribution in [2.45, 2.75) is 45.3 Å². The summed E-state index contributed by atoms with van der Waals surface area (Å²) in [6.07, 6.45) is 6.33. The van der Waals surface area contributed by atoms with Crippen LogP contribution in [0.3, 0.4) is 0 Å². The van der Waals surface area contributed by atoms with Crippen LogP contribution in [-0.2, 0) is 24.4 Å². The number of ether oxygens (including phenoxy) is 1. The van der Waals surface area contributed by atoms with E-state index in [-0.39, 0.29) is 11.3 Å². The summed E-state index contributed by atoms with van der Waals surface area (Å²) in [4.78, 5) is 23.5. The van der Waals surface area contributed by atoms with E-state index in [9.17, 15) is 4.79 Å². The van der Waals surface area contributed by atoms with Crippen LogP contribution in [0, 0.1) is 11.3 Å². The van der Waals surface area contributed by atoms with Gasteiger partial charge >= 0.3 is 0 Å². The third-order valence-corrected chi connectivity index (χ3v) is 6.42. The predicted molar refractivity (Wildman–Crippen MR) is 101 cm³/mol. The zero-order chi connectivity index (χ0) is 18.4. The first-order valence-corrected chi connectivity index (χ1v) is 9.69. The topological polar surface area (TPSA) is 67.3 Å². The molecule has 2 fully saturated rings. The molecule has 2 saturated carbocycles. The molecule has 0 spiro atoms. The maximum absolute atomic E-state index is 12.6. The minimum atomic E-state index is -0.0166. The van der Waals surface area contributed by atoms with Crippen molar-refractivity contribution in [2.75, 3.05) is 12.0 Å². The summed E-state index contributed by atoms with van der Waals surface area (Å²) in [5.41, 5.74) is 3.70. The van der Waals surface area contributed by atoms with E-state index in [1.54, 1.807) is 19.4 Å². The molecule has 2 heterocycles. The van der Waals surface area contributed by atoms with Gasteiger partial charge in [-0.3, -0.25) is 4.79 Å². The van der Waals surface area contributed by atoms with Crippen LogP contribution in [0.25, 0.3) is 0 Å². The largest absolute Gasteiger partial charge is 0.481 e. The Kier molecular flexibility index (Phi) is 3.81. The van der Waals surface area contributed by atoms with E-state index in [4.69, 9.17) is 4.74 Å². The SMILES string of the molecule is COc1ccnc(N2Cc3ccc(CNC(=O)[C@@]45CCC[C@@H]4C5)cc3C2)n1. The van der Waals surface area contributed by atoms with E-state index >= 15 is 0 Å². The number of amides is 1. The lowest BCUT2D eigenvalue weighted by molar-refractivity contribution is -0.126. The van der Waals surface area contributed by atoms with Crippen LogP contribution in [0.2, 0.25) is 0 Å². The fourth-order valence-electron chi connectivity index (χ4n) is 4.78. The summed E-state index contributed by atoms with van der Waals surface area (Å²) in [5.74, 6) is 2.16. The average molecular weight is 364 g/mol. The van der Waals surface area contributed by atoms with Crippen LogP contribution < -0.4 is 15.0 Å². The molecule has 5 rings (SSSR count). The lowest BCUT2D eigenvalue weighted by atomic mass is 10.0. The molecule has 2 aliphatic carbocycles. The summed E-state index contributed by atoms with van der Waals surface area (Å²) >= 11 is 0. The molecule has 0 unspecified atom stereocenters. The second-order valence-electron chi connectivity index (χ2n) is 7.99. The first-order chi connectivity index (χ1) is 13.2. The Morgan fingerprint density at radius 2 is 2.22 bits per heavy atom. The van der Waals surface area contributed by atoms with Gasteiger partial charge in [0, 0.05) is 31.9 Å². The number of hydrogen-bond acceptors (Lipinski definition) is 5. The van der Waals surface area contributed by atoms with Crippen molar-refractivity contribution in [1.82, 2.24) is 15.3 Å². The van der Waals surface area contributed by atoms with Gasteiger partial charge in [0.05, 0.1) is 12.5 Å². The Morgan fingerprint density at radius 3 is 3.00 bits per heavy atom. The van der Waals surface area contributed by atoms with Gasteiger partial charge in [-0.2, -0.15) is 4.98 Å². The van der Waals surface area contributed by atoms with Crippen molar-refractivity contribution in [1.29, 1.82) is 0 Å². The number of nitrogens with one attached hydrogen (secondary N) is 1. The van der Waals surface area contributed by atoms with Gasteiger partial charge in [-0.25, -0.2) is 4.98 Å². The molecule has 1 aliphatic heterocycles. The van der Waals surface area contributed by atoms with Crippen molar-refractivity contribution in [3.63, 3.8) is 0 Å². The molecule has 140 valence electrons. The van der Waals surface area contributed by atoms with E-state index in [2.05, 4.69) is 38.4 Å². The van der Waals surface area contributed by atoms with Crippen LogP contribution in [0.1, 0.15) is 42.4 Å². The molecule has 1 aromatic carbocycles. The maximum atomic E-state index is 12.6. The van der Waals surface area contributed by atoms with E-state index in [0.29, 0.717) is 24.3 Å². The highest BCUT2D eigenvalue weighted by atomic mass is 16.5. The van der Waals surface area contributed by atoms with Gasteiger partial charge < -0.3 is 15.0 Å². The number of aromatic nitrogens is 2. The number of carbonyl (C=O) groups excluding carboxylic acids is 1. The Bertz CT molecular complexity index is 900. The molecular formula is C21H24N4O2. The van der Waals surface area contributed by atoms with Crippen LogP contribution in [0.4, 0.5) is 5.95 Å². The summed E-state index contributed by atoms with van der Waals surface area (Å²) in [7, 11) is 1.61. The highest BCUT2D eigenvalue weighted by molar-refractivity contribution is 5.86. The highest BCUT2D eigenvalue weighted by Crippen LogP contribution is 2.63. The standard InChI is InChI=1S/C21H24N4O2/c1-27-18-6-8-22-20(24-18)25-12-15-5-4-14(9-16(15)13-25)11-23-19(26)21-7-2-3-17(21)10-21/h4-6,8-9,17H,2-3,7,10-13H2,1H3,(H,23,26)/t17-,21-/m1/s1. The lowest BCUT2D eigenvalue weighted by Crippen LogP contribution is -2.31. The Labute approximate surface area is 159 Å². The summed E-state index contributed by atoms with van der Waals surface area (Å²) in [6.45, 7) is 2.17. The molecular weight excluding hydrogens is 340 g/mol. The minimum absolute atomic E-state index is 0.0166. The monoisotopic (exact) mass is 364 g/mol. The van der Waals surface area contributed by atoms with Crippen molar-refractivity contribution in [3.8, 4) is 5.88 Å². The number of rotatable bonds is 5. The van der Waals surface area contributed by atoms with Gasteiger partial charge in [-0.1, -0.05) is 24.6 Å². The van der Waals surface area contributed by atoms with Gasteiger partial charge in [0.25, 0.3) is 0 Å². The molecule has 6 heteroatoms. The first-order valence-electron chi connectivity index (χ1n) is 9.69. The van der Waals surface area contributed by atoms with E-state index in [0.717, 1.165) is 31.5 Å². The number of anilines is 1. The van der Waals surface area contributed by atoms with Gasteiger partial charge in [-0.05, 0) is 41.9 Å². The first kappa shape index (κ1) is 16.5. The second kappa shape index (κ2) is 6.22. The normalized spacial score (nSPS) is 25.1. The summed E-state index contributed by atoms with van der Waals surface area (Å²) in [5, 5.41) is 3.18. The molecule has 0 bridgehead atoms. The minimum Gasteiger partial charge on any atom is -0.481 e. The molecule has 0 radical (unpaired) electrons. The van der Waals surface area contributed by atoms with Crippen LogP contribution in [0.15, 0.2) is 30.5 Å². The van der Waals surface area contributed by atoms with Gasteiger partial charge in [0.1, 0.15) is 0 Å². The molecule has 2 atom stereocenters. The fourth-order valence-corrected chi connectivity index (χ4v) is 4.78. The molecule has 0 saturated heterocycles. The van der Waals surface area contributed by atoms with Crippen molar-refractivity contribution >= 4 is 11.9 Å². The van der Waals surface area contributed by atoms with Crippen molar-refractivity contribution in [3.05, 3.63) is 47.2 Å². The molecule has 27 heavy (non-hydrogen) atoms. The van der Waals surface area contributed by atoms with Crippen molar-refractivity contribution in [2.24, 2.45) is 11.3 Å². The summed E-state index contributed by atoms with van der Waals surface area (Å²) < 4.78 is 5.20. The average Bonchev–Trinajstić information content (AvgIpc) is 3.05. The number of carbonyl (C=O) groups is 1. The van der Waals surface area contributed by atoms with Crippen LogP contribution >= 0.6 is 0 Å². The van der Waals surface area contributed by atoms with Gasteiger partial charge in [-0.15, -0.1) is 0 Å². The third-order valence-electron chi connectivity index (χ3n) is 6.42. The third kappa shape index (κ3) is 2.83. The zero-order valence-corrected chi connectivity index (χ0v) is 15.6. The lowest BCUT2D eigenvalue weighted by Gasteiger charge is -2.15. The highest BCUT2D eigenvalue weighted by Gasteiger charge is 2.61. The Hall–Kier alpha value is -2.63. The second-order valence-corrected chi connectivity index (χ2v) is 7.99. The van der Waals surface area contributed by atoms with Crippen LogP contribution in [0.5, 0.6) is 5.88 Å². The Morgan fingerprint density at radius 1 is 1.33 bits per heavy atom. The zero-order valence-electron chi connectivity index (χ0n) is 15.6. The molecule has 2 aromatic rings. The molecule has 1 aromatic heterocycles. The fraction of sp³-hybridized carbons (Fsp3) is 0.476. The smallest absolute Gasteiger partial charge is 0.229 e. The summed E-state index contributed by atoms with van der Waals surface area (Å²) in [6, 6.07) is 8.23. The molecule has 3 aliphatic rings. The van der Waals surface area contributed by atoms with Crippen LogP contribution in [-0.4, -0.2) is 23.0 Å². The quantitative estimate of drug-likeness (QED) is 0.884. The van der Waals surface area contributed by atoms with E-state index < -0.39 is 0 Å². The number of benzene rings is 1. The number of methoxy groups -OCH3 is 1. The molecule has 1 amide bonds. The van der Waals surface area contributed by atoms with Gasteiger partial charge in [0.15, 0.2) is 0 Å². The maximum Gasteiger partial charge on any atom is 0.229 e. The van der Waals surface area contributed by atoms with Gasteiger partial charge in [0.2, 0.25) is 17.7 Å². The van der Waals surface area contributed by atoms with E-state index in [1.165, 1.54) is 24.0 Å².